The molecule has 0 saturated carbocycles. The average molecular weight is 845 g/mol. The zero-order valence-corrected chi connectivity index (χ0v) is 35.7. The Balaban J connectivity index is 0.909. The van der Waals surface area contributed by atoms with Crippen molar-refractivity contribution in [3.8, 4) is 28.7 Å². The number of hydrogen-bond acceptors (Lipinski definition) is 10. The first-order chi connectivity index (χ1) is 30.8. The van der Waals surface area contributed by atoms with Crippen molar-refractivity contribution in [2.45, 2.75) is 65.2 Å². The second-order valence-electron chi connectivity index (χ2n) is 14.7. The minimum atomic E-state index is -0.493. The van der Waals surface area contributed by atoms with Crippen LogP contribution in [-0.4, -0.2) is 43.6 Å². The number of ether oxygens (including phenoxy) is 5. The van der Waals surface area contributed by atoms with Crippen LogP contribution in [0.15, 0.2) is 156 Å². The summed E-state index contributed by atoms with van der Waals surface area (Å²) in [7, 11) is 0. The Morgan fingerprint density at radius 2 is 0.683 bits per heavy atom. The van der Waals surface area contributed by atoms with Gasteiger partial charge in [-0.1, -0.05) is 64.5 Å². The molecule has 0 saturated heterocycles. The molecule has 6 aromatic rings. The van der Waals surface area contributed by atoms with Crippen LogP contribution in [0.5, 0.6) is 28.7 Å². The van der Waals surface area contributed by atoms with Gasteiger partial charge in [0.2, 0.25) is 0 Å². The fourth-order valence-corrected chi connectivity index (χ4v) is 6.14. The lowest BCUT2D eigenvalue weighted by Gasteiger charge is -2.08. The molecule has 0 N–H and O–H groups in total. The number of benzene rings is 6. The van der Waals surface area contributed by atoms with Crippen LogP contribution in [0.25, 0.3) is 0 Å². The Morgan fingerprint density at radius 1 is 0.381 bits per heavy atom. The summed E-state index contributed by atoms with van der Waals surface area (Å²) in [4.78, 5) is 47.2. The molecule has 0 aliphatic rings. The van der Waals surface area contributed by atoms with Crippen LogP contribution in [0.1, 0.15) is 107 Å². The standard InChI is InChI=1S/C53H52N2O8/c1-3-5-7-9-35-59-46-27-17-42(18-28-46)52(57)62-49-31-21-44(22-32-49)54-37-39-11-15-41(16-12-39)51(56)61-48-25-13-40(14-26-48)38-55-45-23-33-50(34-24-45)63-53(58)43-19-29-47(30-20-43)60-36-10-8-6-4-2/h11-34,37-38H,3-10,35-36H2,1-2H3. The molecule has 0 aliphatic carbocycles. The van der Waals surface area contributed by atoms with Crippen LogP contribution in [-0.2, 0) is 0 Å². The third-order valence-corrected chi connectivity index (χ3v) is 9.77. The monoisotopic (exact) mass is 844 g/mol. The summed E-state index contributed by atoms with van der Waals surface area (Å²) in [5.41, 5.74) is 4.19. The van der Waals surface area contributed by atoms with E-state index in [4.69, 9.17) is 23.7 Å². The van der Waals surface area contributed by atoms with Gasteiger partial charge < -0.3 is 23.7 Å². The summed E-state index contributed by atoms with van der Waals surface area (Å²) in [6.45, 7) is 5.67. The zero-order valence-electron chi connectivity index (χ0n) is 35.7. The van der Waals surface area contributed by atoms with Gasteiger partial charge in [0.1, 0.15) is 28.7 Å². The predicted octanol–water partition coefficient (Wildman–Crippen LogP) is 12.8. The Hall–Kier alpha value is -7.33. The molecule has 0 fully saturated rings. The third kappa shape index (κ3) is 15.0. The van der Waals surface area contributed by atoms with Crippen LogP contribution in [0.2, 0.25) is 0 Å². The highest BCUT2D eigenvalue weighted by Gasteiger charge is 2.12. The maximum absolute atomic E-state index is 12.9. The maximum atomic E-state index is 12.9. The summed E-state index contributed by atoms with van der Waals surface area (Å²) in [6.07, 6.45) is 12.4. The van der Waals surface area contributed by atoms with Crippen molar-refractivity contribution >= 4 is 41.7 Å². The van der Waals surface area contributed by atoms with E-state index in [1.54, 1.807) is 158 Å². The predicted molar refractivity (Wildman–Crippen MR) is 247 cm³/mol. The van der Waals surface area contributed by atoms with Gasteiger partial charge >= 0.3 is 17.9 Å². The van der Waals surface area contributed by atoms with Crippen LogP contribution >= 0.6 is 0 Å². The van der Waals surface area contributed by atoms with Gasteiger partial charge in [-0.15, -0.1) is 0 Å². The summed E-state index contributed by atoms with van der Waals surface area (Å²) in [5.74, 6) is 1.26. The number of carbonyl (C=O) groups excluding carboxylic acids is 3. The highest BCUT2D eigenvalue weighted by atomic mass is 16.5. The van der Waals surface area contributed by atoms with E-state index >= 15 is 0 Å². The quantitative estimate of drug-likeness (QED) is 0.0286. The van der Waals surface area contributed by atoms with Gasteiger partial charge in [0.15, 0.2) is 0 Å². The van der Waals surface area contributed by atoms with E-state index < -0.39 is 17.9 Å². The van der Waals surface area contributed by atoms with Gasteiger partial charge in [0.25, 0.3) is 0 Å². The number of rotatable bonds is 22. The first kappa shape index (κ1) is 45.2. The Morgan fingerprint density at radius 3 is 1.03 bits per heavy atom. The summed E-state index contributed by atoms with van der Waals surface area (Å²) < 4.78 is 28.2. The van der Waals surface area contributed by atoms with Crippen LogP contribution < -0.4 is 23.7 Å². The fourth-order valence-electron chi connectivity index (χ4n) is 6.14. The topological polar surface area (TPSA) is 122 Å². The molecule has 0 bridgehead atoms. The van der Waals surface area contributed by atoms with Gasteiger partial charge in [-0.3, -0.25) is 9.98 Å². The Bertz CT molecular complexity index is 2410. The van der Waals surface area contributed by atoms with E-state index in [-0.39, 0.29) is 0 Å². The number of unbranched alkanes of at least 4 members (excludes halogenated alkanes) is 6. The van der Waals surface area contributed by atoms with Crippen LogP contribution in [0.4, 0.5) is 11.4 Å². The van der Waals surface area contributed by atoms with Crippen LogP contribution in [0.3, 0.4) is 0 Å². The molecule has 6 rings (SSSR count). The van der Waals surface area contributed by atoms with Crippen LogP contribution in [0, 0.1) is 0 Å². The molecule has 10 heteroatoms. The number of aliphatic imine (C=N–C) groups is 2. The Labute approximate surface area is 369 Å². The summed E-state index contributed by atoms with van der Waals surface area (Å²) >= 11 is 0. The molecule has 0 aromatic heterocycles. The number of carbonyl (C=O) groups is 3. The smallest absolute Gasteiger partial charge is 0.343 e. The molecule has 0 atom stereocenters. The van der Waals surface area contributed by atoms with E-state index in [0.717, 1.165) is 48.3 Å². The summed E-state index contributed by atoms with van der Waals surface area (Å²) in [5, 5.41) is 0. The van der Waals surface area contributed by atoms with Crippen molar-refractivity contribution in [1.29, 1.82) is 0 Å². The largest absolute Gasteiger partial charge is 0.494 e. The average Bonchev–Trinajstić information content (AvgIpc) is 3.32. The van der Waals surface area contributed by atoms with E-state index in [1.165, 1.54) is 25.7 Å². The zero-order chi connectivity index (χ0) is 44.1. The van der Waals surface area contributed by atoms with E-state index in [1.807, 2.05) is 0 Å². The van der Waals surface area contributed by atoms with Crippen molar-refractivity contribution in [3.05, 3.63) is 173 Å². The first-order valence-electron chi connectivity index (χ1n) is 21.5. The molecule has 63 heavy (non-hydrogen) atoms. The summed E-state index contributed by atoms with van der Waals surface area (Å²) in [6, 6.07) is 41.6. The van der Waals surface area contributed by atoms with E-state index in [0.29, 0.717) is 58.5 Å². The SMILES string of the molecule is CCCCCCOc1ccc(C(=O)Oc2ccc(N=Cc3ccc(OC(=O)c4ccc(C=Nc5ccc(OC(=O)c6ccc(OCCCCCC)cc6)cc5)cc4)cc3)cc2)cc1. The van der Waals surface area contributed by atoms with Crippen molar-refractivity contribution in [1.82, 2.24) is 0 Å². The molecule has 0 unspecified atom stereocenters. The lowest BCUT2D eigenvalue weighted by Crippen LogP contribution is -2.08. The maximum Gasteiger partial charge on any atom is 0.343 e. The Kier molecular flexibility index (Phi) is 17.4. The number of hydrogen-bond donors (Lipinski definition) is 0. The third-order valence-electron chi connectivity index (χ3n) is 9.77. The highest BCUT2D eigenvalue weighted by Crippen LogP contribution is 2.23. The van der Waals surface area contributed by atoms with E-state index in [2.05, 4.69) is 23.8 Å². The highest BCUT2D eigenvalue weighted by molar-refractivity contribution is 5.93. The fraction of sp³-hybridized carbons (Fsp3) is 0.226. The molecule has 6 aromatic carbocycles. The van der Waals surface area contributed by atoms with Gasteiger partial charge in [-0.2, -0.15) is 0 Å². The number of nitrogens with zero attached hydrogens (tertiary/aromatic N) is 2. The molecule has 0 spiro atoms. The molecule has 0 amide bonds. The van der Waals surface area contributed by atoms with E-state index in [9.17, 15) is 14.4 Å². The van der Waals surface area contributed by atoms with Crippen molar-refractivity contribution in [3.63, 3.8) is 0 Å². The van der Waals surface area contributed by atoms with Crippen molar-refractivity contribution in [2.24, 2.45) is 9.98 Å². The van der Waals surface area contributed by atoms with Gasteiger partial charge in [-0.05, 0) is 157 Å². The van der Waals surface area contributed by atoms with Gasteiger partial charge in [-0.25, -0.2) is 14.4 Å². The molecule has 0 heterocycles. The first-order valence-corrected chi connectivity index (χ1v) is 21.5. The number of esters is 3. The molecule has 322 valence electrons. The van der Waals surface area contributed by atoms with Crippen molar-refractivity contribution in [2.75, 3.05) is 13.2 Å². The minimum Gasteiger partial charge on any atom is -0.494 e. The normalized spacial score (nSPS) is 11.1. The second kappa shape index (κ2) is 24.2. The lowest BCUT2D eigenvalue weighted by molar-refractivity contribution is 0.0725. The van der Waals surface area contributed by atoms with Gasteiger partial charge in [0.05, 0.1) is 41.3 Å². The van der Waals surface area contributed by atoms with Crippen molar-refractivity contribution < 1.29 is 38.1 Å². The molecular weight excluding hydrogens is 793 g/mol. The second-order valence-corrected chi connectivity index (χ2v) is 14.7. The lowest BCUT2D eigenvalue weighted by atomic mass is 10.1. The van der Waals surface area contributed by atoms with Gasteiger partial charge in [0, 0.05) is 12.4 Å². The molecule has 0 aliphatic heterocycles. The molecular formula is C53H52N2O8. The molecule has 10 nitrogen and oxygen atoms in total. The molecule has 0 radical (unpaired) electrons. The minimum absolute atomic E-state index is 0.388.